The average Bonchev–Trinajstić information content (AvgIpc) is 1.98. The number of aryl methyl sites for hydroxylation is 1. The van der Waals surface area contributed by atoms with Gasteiger partial charge in [0.1, 0.15) is 0 Å². The summed E-state index contributed by atoms with van der Waals surface area (Å²) < 4.78 is 0. The fraction of sp³-hybridized carbons (Fsp3) is 0.143. The van der Waals surface area contributed by atoms with Crippen molar-refractivity contribution in [3.63, 3.8) is 0 Å². The molecule has 0 aliphatic heterocycles. The average molecular weight is 170 g/mol. The maximum atomic E-state index is 5.71. The minimum absolute atomic E-state index is 0.637. The number of hydrogen-bond acceptors (Lipinski definition) is 2. The van der Waals surface area contributed by atoms with Crippen LogP contribution in [0.3, 0.4) is 0 Å². The van der Waals surface area contributed by atoms with Crippen molar-refractivity contribution in [1.29, 1.82) is 0 Å². The molecule has 0 bridgehead atoms. The zero-order chi connectivity index (χ0) is 8.27. The van der Waals surface area contributed by atoms with E-state index in [9.17, 15) is 0 Å². The fourth-order valence-electron chi connectivity index (χ4n) is 0.752. The summed E-state index contributed by atoms with van der Waals surface area (Å²) >= 11 is 5.71. The first-order valence-corrected chi connectivity index (χ1v) is 3.49. The van der Waals surface area contributed by atoms with Crippen LogP contribution in [0, 0.1) is 6.92 Å². The first-order valence-electron chi connectivity index (χ1n) is 3.11. The highest BCUT2D eigenvalue weighted by Crippen LogP contribution is 2.22. The Morgan fingerprint density at radius 3 is 2.82 bits per heavy atom. The Balaban J connectivity index is 3.12. The highest BCUT2D eigenvalue weighted by Gasteiger charge is 1.96. The van der Waals surface area contributed by atoms with E-state index in [1.807, 2.05) is 13.0 Å². The molecule has 3 nitrogen and oxygen atoms in total. The smallest absolute Gasteiger partial charge is 0.0917 e. The van der Waals surface area contributed by atoms with Gasteiger partial charge in [-0.3, -0.25) is 0 Å². The van der Waals surface area contributed by atoms with Crippen molar-refractivity contribution >= 4 is 17.3 Å². The van der Waals surface area contributed by atoms with Crippen LogP contribution in [-0.2, 0) is 0 Å². The Hall–Kier alpha value is -1.09. The third-order valence-electron chi connectivity index (χ3n) is 1.34. The van der Waals surface area contributed by atoms with Crippen LogP contribution >= 0.6 is 11.6 Å². The normalized spacial score (nSPS) is 10.7. The molecule has 0 aromatic heterocycles. The number of nitrogens with zero attached hydrogens (tertiary/aromatic N) is 2. The van der Waals surface area contributed by atoms with Crippen LogP contribution in [0.15, 0.2) is 28.5 Å². The fourth-order valence-corrected chi connectivity index (χ4v) is 0.919. The monoisotopic (exact) mass is 169 g/mol. The van der Waals surface area contributed by atoms with Gasteiger partial charge in [-0.25, -0.2) is 0 Å². The Morgan fingerprint density at radius 1 is 1.45 bits per heavy atom. The Morgan fingerprint density at radius 2 is 2.18 bits per heavy atom. The van der Waals surface area contributed by atoms with Crippen LogP contribution in [0.4, 0.5) is 5.69 Å². The number of rotatable bonds is 1. The van der Waals surface area contributed by atoms with E-state index < -0.39 is 0 Å². The van der Waals surface area contributed by atoms with Crippen molar-refractivity contribution in [2.75, 3.05) is 0 Å². The summed E-state index contributed by atoms with van der Waals surface area (Å²) in [6, 6.07) is 5.38. The molecule has 0 aliphatic carbocycles. The van der Waals surface area contributed by atoms with Crippen LogP contribution in [0.2, 0.25) is 5.02 Å². The Bertz CT molecular complexity index is 283. The minimum Gasteiger partial charge on any atom is -0.305 e. The molecule has 0 aliphatic rings. The topological polar surface area (TPSA) is 50.7 Å². The summed E-state index contributed by atoms with van der Waals surface area (Å²) in [6.45, 7) is 1.92. The summed E-state index contributed by atoms with van der Waals surface area (Å²) in [7, 11) is 0. The van der Waals surface area contributed by atoms with Gasteiger partial charge in [-0.15, -0.1) is 5.11 Å². The Labute approximate surface area is 69.9 Å². The quantitative estimate of drug-likeness (QED) is 0.392. The second-order valence-electron chi connectivity index (χ2n) is 2.15. The number of benzene rings is 1. The lowest BCUT2D eigenvalue weighted by Crippen LogP contribution is -1.77. The third-order valence-corrected chi connectivity index (χ3v) is 1.57. The maximum Gasteiger partial charge on any atom is 0.0917 e. The van der Waals surface area contributed by atoms with Gasteiger partial charge < -0.3 is 5.84 Å². The largest absolute Gasteiger partial charge is 0.305 e. The molecule has 0 saturated carbocycles. The van der Waals surface area contributed by atoms with Gasteiger partial charge >= 0.3 is 0 Å². The predicted molar refractivity (Wildman–Crippen MR) is 44.9 cm³/mol. The van der Waals surface area contributed by atoms with E-state index in [2.05, 4.69) is 10.3 Å². The van der Waals surface area contributed by atoms with Gasteiger partial charge in [0.05, 0.1) is 5.69 Å². The van der Waals surface area contributed by atoms with Gasteiger partial charge in [0, 0.05) is 5.02 Å². The molecule has 1 rings (SSSR count). The Kier molecular flexibility index (Phi) is 2.44. The maximum absolute atomic E-state index is 5.71. The molecule has 0 heterocycles. The van der Waals surface area contributed by atoms with Crippen LogP contribution in [0.5, 0.6) is 0 Å². The molecule has 0 spiro atoms. The van der Waals surface area contributed by atoms with Crippen molar-refractivity contribution in [1.82, 2.24) is 0 Å². The summed E-state index contributed by atoms with van der Waals surface area (Å²) in [5.74, 6) is 4.89. The molecule has 0 amide bonds. The SMILES string of the molecule is Cc1ccc(Cl)cc1N=NN. The number of halogens is 1. The zero-order valence-electron chi connectivity index (χ0n) is 6.08. The lowest BCUT2D eigenvalue weighted by Gasteiger charge is -1.96. The van der Waals surface area contributed by atoms with Gasteiger partial charge in [0.2, 0.25) is 0 Å². The van der Waals surface area contributed by atoms with Crippen molar-refractivity contribution in [3.8, 4) is 0 Å². The van der Waals surface area contributed by atoms with Crippen molar-refractivity contribution in [2.24, 2.45) is 16.2 Å². The van der Waals surface area contributed by atoms with Crippen LogP contribution in [0.1, 0.15) is 5.56 Å². The summed E-state index contributed by atoms with van der Waals surface area (Å²) in [5, 5.41) is 7.50. The van der Waals surface area contributed by atoms with Crippen molar-refractivity contribution in [3.05, 3.63) is 28.8 Å². The van der Waals surface area contributed by atoms with Gasteiger partial charge in [-0.05, 0) is 24.6 Å². The molecule has 0 fully saturated rings. The van der Waals surface area contributed by atoms with Crippen LogP contribution < -0.4 is 5.84 Å². The molecule has 0 unspecified atom stereocenters. The van der Waals surface area contributed by atoms with Gasteiger partial charge in [0.15, 0.2) is 0 Å². The molecular weight excluding hydrogens is 162 g/mol. The first kappa shape index (κ1) is 8.01. The van der Waals surface area contributed by atoms with Gasteiger partial charge in [-0.1, -0.05) is 22.9 Å². The second-order valence-corrected chi connectivity index (χ2v) is 2.58. The van der Waals surface area contributed by atoms with E-state index in [4.69, 9.17) is 17.4 Å². The van der Waals surface area contributed by atoms with Gasteiger partial charge in [-0.2, -0.15) is 0 Å². The van der Waals surface area contributed by atoms with E-state index in [0.29, 0.717) is 10.7 Å². The summed E-state index contributed by atoms with van der Waals surface area (Å²) in [4.78, 5) is 0. The summed E-state index contributed by atoms with van der Waals surface area (Å²) in [5.41, 5.74) is 1.71. The highest BCUT2D eigenvalue weighted by atomic mass is 35.5. The lowest BCUT2D eigenvalue weighted by molar-refractivity contribution is 1.05. The molecule has 0 atom stereocenters. The van der Waals surface area contributed by atoms with Crippen molar-refractivity contribution < 1.29 is 0 Å². The molecule has 58 valence electrons. The second kappa shape index (κ2) is 3.34. The third kappa shape index (κ3) is 1.91. The highest BCUT2D eigenvalue weighted by molar-refractivity contribution is 6.30. The molecule has 1 aromatic rings. The molecule has 0 saturated heterocycles. The molecule has 1 aromatic carbocycles. The predicted octanol–water partition coefficient (Wildman–Crippen LogP) is 2.61. The standard InChI is InChI=1S/C7H8ClN3/c1-5-2-3-6(8)4-7(5)10-11-9/h2-4H,1H3,(H2,9,10). The lowest BCUT2D eigenvalue weighted by atomic mass is 10.2. The molecule has 2 N–H and O–H groups in total. The van der Waals surface area contributed by atoms with Crippen LogP contribution in [-0.4, -0.2) is 0 Å². The number of hydrogen-bond donors (Lipinski definition) is 1. The first-order chi connectivity index (χ1) is 5.24. The molecule has 0 radical (unpaired) electrons. The van der Waals surface area contributed by atoms with E-state index in [1.165, 1.54) is 0 Å². The van der Waals surface area contributed by atoms with Crippen LogP contribution in [0.25, 0.3) is 0 Å². The minimum atomic E-state index is 0.637. The zero-order valence-corrected chi connectivity index (χ0v) is 6.84. The van der Waals surface area contributed by atoms with E-state index in [-0.39, 0.29) is 0 Å². The van der Waals surface area contributed by atoms with Gasteiger partial charge in [0.25, 0.3) is 0 Å². The summed E-state index contributed by atoms with van der Waals surface area (Å²) in [6.07, 6.45) is 0. The molecule has 4 heteroatoms. The molecule has 11 heavy (non-hydrogen) atoms. The van der Waals surface area contributed by atoms with Crippen molar-refractivity contribution in [2.45, 2.75) is 6.92 Å². The molecular formula is C7H8ClN3. The van der Waals surface area contributed by atoms with E-state index >= 15 is 0 Å². The number of nitrogens with two attached hydrogens (primary N) is 1. The van der Waals surface area contributed by atoms with E-state index in [0.717, 1.165) is 5.56 Å². The van der Waals surface area contributed by atoms with E-state index in [1.54, 1.807) is 12.1 Å².